The summed E-state index contributed by atoms with van der Waals surface area (Å²) in [6, 6.07) is 16.6. The number of carbonyl (C=O) groups is 2. The maximum absolute atomic E-state index is 12.6. The van der Waals surface area contributed by atoms with E-state index in [-0.39, 0.29) is 29.9 Å². The van der Waals surface area contributed by atoms with Crippen molar-refractivity contribution in [1.29, 1.82) is 5.26 Å². The van der Waals surface area contributed by atoms with Crippen molar-refractivity contribution in [1.82, 2.24) is 9.88 Å². The summed E-state index contributed by atoms with van der Waals surface area (Å²) in [5.74, 6) is 0.569. The summed E-state index contributed by atoms with van der Waals surface area (Å²) in [6.07, 6.45) is 0. The van der Waals surface area contributed by atoms with Gasteiger partial charge in [0.15, 0.2) is 0 Å². The molecule has 0 bridgehead atoms. The minimum Gasteiger partial charge on any atom is -0.497 e. The lowest BCUT2D eigenvalue weighted by Gasteiger charge is -2.35. The minimum atomic E-state index is -0.387. The molecule has 1 aromatic heterocycles. The molecule has 2 aliphatic heterocycles. The lowest BCUT2D eigenvalue weighted by Crippen LogP contribution is -2.46. The number of piperazine rings is 1. The number of methoxy groups -OCH3 is 1. The Hall–Kier alpha value is -4.32. The SMILES string of the molecule is COc1ccc(N2CCN(c3oc(CN4C(=O)c5ccccc5C4=O)nc3C#N)CC2)cc1. The van der Waals surface area contributed by atoms with E-state index < -0.39 is 0 Å². The maximum atomic E-state index is 12.6. The van der Waals surface area contributed by atoms with Gasteiger partial charge in [-0.1, -0.05) is 12.1 Å². The largest absolute Gasteiger partial charge is 0.497 e. The van der Waals surface area contributed by atoms with Crippen molar-refractivity contribution in [2.24, 2.45) is 0 Å². The molecular weight excluding hydrogens is 422 g/mol. The number of amides is 2. The fraction of sp³-hybridized carbons (Fsp3) is 0.250. The van der Waals surface area contributed by atoms with Crippen LogP contribution in [0.15, 0.2) is 52.9 Å². The molecule has 5 rings (SSSR count). The van der Waals surface area contributed by atoms with Gasteiger partial charge in [-0.05, 0) is 36.4 Å². The van der Waals surface area contributed by atoms with Crippen LogP contribution in [0.3, 0.4) is 0 Å². The van der Waals surface area contributed by atoms with E-state index in [4.69, 9.17) is 9.15 Å². The van der Waals surface area contributed by atoms with Crippen LogP contribution in [0.5, 0.6) is 5.75 Å². The predicted octanol–water partition coefficient (Wildman–Crippen LogP) is 2.68. The number of aromatic nitrogens is 1. The van der Waals surface area contributed by atoms with E-state index in [0.29, 0.717) is 30.1 Å². The van der Waals surface area contributed by atoms with Crippen molar-refractivity contribution >= 4 is 23.4 Å². The van der Waals surface area contributed by atoms with Gasteiger partial charge in [0.25, 0.3) is 11.8 Å². The molecule has 33 heavy (non-hydrogen) atoms. The topological polar surface area (TPSA) is 103 Å². The molecule has 0 atom stereocenters. The van der Waals surface area contributed by atoms with Gasteiger partial charge in [0.05, 0.1) is 18.2 Å². The first-order valence-electron chi connectivity index (χ1n) is 10.6. The highest BCUT2D eigenvalue weighted by Gasteiger charge is 2.36. The van der Waals surface area contributed by atoms with Gasteiger partial charge in [-0.3, -0.25) is 14.5 Å². The second-order valence-electron chi connectivity index (χ2n) is 7.79. The first-order valence-corrected chi connectivity index (χ1v) is 10.6. The Labute approximate surface area is 190 Å². The molecule has 2 aromatic carbocycles. The van der Waals surface area contributed by atoms with Crippen LogP contribution in [0.4, 0.5) is 11.6 Å². The lowest BCUT2D eigenvalue weighted by molar-refractivity contribution is 0.0629. The summed E-state index contributed by atoms with van der Waals surface area (Å²) in [4.78, 5) is 34.8. The number of imide groups is 1. The summed E-state index contributed by atoms with van der Waals surface area (Å²) in [5, 5.41) is 9.58. The molecule has 0 radical (unpaired) electrons. The van der Waals surface area contributed by atoms with Crippen molar-refractivity contribution < 1.29 is 18.7 Å². The van der Waals surface area contributed by atoms with Gasteiger partial charge in [0.1, 0.15) is 18.4 Å². The van der Waals surface area contributed by atoms with E-state index in [9.17, 15) is 14.9 Å². The number of oxazole rings is 1. The Morgan fingerprint density at radius 2 is 1.58 bits per heavy atom. The fourth-order valence-electron chi connectivity index (χ4n) is 4.19. The highest BCUT2D eigenvalue weighted by molar-refractivity contribution is 6.21. The number of anilines is 2. The smallest absolute Gasteiger partial charge is 0.262 e. The Balaban J connectivity index is 1.29. The predicted molar refractivity (Wildman–Crippen MR) is 119 cm³/mol. The summed E-state index contributed by atoms with van der Waals surface area (Å²) in [5.41, 5.74) is 1.98. The van der Waals surface area contributed by atoms with Crippen LogP contribution < -0.4 is 14.5 Å². The van der Waals surface area contributed by atoms with Crippen LogP contribution in [-0.4, -0.2) is 55.0 Å². The van der Waals surface area contributed by atoms with Gasteiger partial charge in [-0.2, -0.15) is 10.2 Å². The van der Waals surface area contributed by atoms with E-state index in [0.717, 1.165) is 29.4 Å². The third-order valence-electron chi connectivity index (χ3n) is 5.94. The van der Waals surface area contributed by atoms with Crippen LogP contribution in [0.1, 0.15) is 32.3 Å². The number of benzene rings is 2. The molecule has 2 aliphatic rings. The van der Waals surface area contributed by atoms with Gasteiger partial charge >= 0.3 is 0 Å². The van der Waals surface area contributed by atoms with Gasteiger partial charge in [-0.25, -0.2) is 0 Å². The van der Waals surface area contributed by atoms with Gasteiger partial charge in [0, 0.05) is 31.9 Å². The van der Waals surface area contributed by atoms with Crippen molar-refractivity contribution in [3.8, 4) is 11.8 Å². The van der Waals surface area contributed by atoms with Crippen molar-refractivity contribution in [3.63, 3.8) is 0 Å². The molecule has 1 saturated heterocycles. The van der Waals surface area contributed by atoms with Gasteiger partial charge in [-0.15, -0.1) is 0 Å². The Kier molecular flexibility index (Phi) is 5.18. The van der Waals surface area contributed by atoms with E-state index in [1.807, 2.05) is 29.2 Å². The van der Waals surface area contributed by atoms with Crippen LogP contribution >= 0.6 is 0 Å². The molecule has 0 spiro atoms. The number of hydrogen-bond acceptors (Lipinski definition) is 8. The Morgan fingerprint density at radius 1 is 0.970 bits per heavy atom. The van der Waals surface area contributed by atoms with Crippen LogP contribution in [0.2, 0.25) is 0 Å². The van der Waals surface area contributed by atoms with Gasteiger partial charge < -0.3 is 19.0 Å². The molecule has 0 saturated carbocycles. The molecule has 0 aliphatic carbocycles. The number of fused-ring (bicyclic) bond motifs is 1. The molecular formula is C24H21N5O4. The number of hydrogen-bond donors (Lipinski definition) is 0. The van der Waals surface area contributed by atoms with Crippen LogP contribution in [-0.2, 0) is 6.54 Å². The minimum absolute atomic E-state index is 0.118. The summed E-state index contributed by atoms with van der Waals surface area (Å²) < 4.78 is 11.1. The first kappa shape index (κ1) is 20.6. The highest BCUT2D eigenvalue weighted by Crippen LogP contribution is 2.28. The quantitative estimate of drug-likeness (QED) is 0.555. The third kappa shape index (κ3) is 3.65. The average molecular weight is 443 g/mol. The van der Waals surface area contributed by atoms with E-state index >= 15 is 0 Å². The summed E-state index contributed by atoms with van der Waals surface area (Å²) in [7, 11) is 1.64. The molecule has 0 unspecified atom stereocenters. The number of nitriles is 1. The second kappa shape index (κ2) is 8.31. The third-order valence-corrected chi connectivity index (χ3v) is 5.94. The molecule has 166 valence electrons. The zero-order chi connectivity index (χ0) is 22.9. The molecule has 2 amide bonds. The number of ether oxygens (including phenoxy) is 1. The van der Waals surface area contributed by atoms with Crippen molar-refractivity contribution in [2.75, 3.05) is 43.1 Å². The van der Waals surface area contributed by atoms with E-state index in [1.165, 1.54) is 0 Å². The van der Waals surface area contributed by atoms with Crippen molar-refractivity contribution in [2.45, 2.75) is 6.54 Å². The standard InChI is InChI=1S/C24H21N5O4/c1-32-17-8-6-16(7-9-17)27-10-12-28(13-11-27)24-20(14-25)26-21(33-24)15-29-22(30)18-4-2-3-5-19(18)23(29)31/h2-9H,10-13,15H2,1H3. The Bertz CT molecular complexity index is 1220. The number of carbonyl (C=O) groups excluding carboxylic acids is 2. The average Bonchev–Trinajstić information content (AvgIpc) is 3.39. The number of nitrogens with zero attached hydrogens (tertiary/aromatic N) is 5. The van der Waals surface area contributed by atoms with Crippen molar-refractivity contribution in [3.05, 3.63) is 71.2 Å². The lowest BCUT2D eigenvalue weighted by atomic mass is 10.1. The second-order valence-corrected chi connectivity index (χ2v) is 7.79. The molecule has 1 fully saturated rings. The Morgan fingerprint density at radius 3 is 2.15 bits per heavy atom. The highest BCUT2D eigenvalue weighted by atomic mass is 16.5. The maximum Gasteiger partial charge on any atom is 0.262 e. The fourth-order valence-corrected chi connectivity index (χ4v) is 4.19. The zero-order valence-corrected chi connectivity index (χ0v) is 18.0. The van der Waals surface area contributed by atoms with Crippen LogP contribution in [0.25, 0.3) is 0 Å². The van der Waals surface area contributed by atoms with E-state index in [1.54, 1.807) is 31.4 Å². The number of rotatable bonds is 5. The van der Waals surface area contributed by atoms with E-state index in [2.05, 4.69) is 16.0 Å². The molecule has 3 heterocycles. The van der Waals surface area contributed by atoms with Gasteiger partial charge in [0.2, 0.25) is 17.5 Å². The first-order chi connectivity index (χ1) is 16.1. The summed E-state index contributed by atoms with van der Waals surface area (Å²) in [6.45, 7) is 2.65. The summed E-state index contributed by atoms with van der Waals surface area (Å²) >= 11 is 0. The zero-order valence-electron chi connectivity index (χ0n) is 18.0. The molecule has 3 aromatic rings. The monoisotopic (exact) mass is 443 g/mol. The normalized spacial score (nSPS) is 15.6. The van der Waals surface area contributed by atoms with Crippen LogP contribution in [0, 0.1) is 11.3 Å². The molecule has 9 heteroatoms. The molecule has 0 N–H and O–H groups in total. The molecule has 9 nitrogen and oxygen atoms in total.